The number of rotatable bonds is 4. The third-order valence-corrected chi connectivity index (χ3v) is 4.81. The van der Waals surface area contributed by atoms with Gasteiger partial charge in [0.15, 0.2) is 0 Å². The van der Waals surface area contributed by atoms with Gasteiger partial charge in [-0.25, -0.2) is 0 Å². The summed E-state index contributed by atoms with van der Waals surface area (Å²) in [7, 11) is 1.73. The van der Waals surface area contributed by atoms with Crippen LogP contribution in [0.15, 0.2) is 0 Å². The second-order valence-electron chi connectivity index (χ2n) is 5.99. The van der Waals surface area contributed by atoms with Crippen LogP contribution < -0.4 is 5.73 Å². The number of amides is 1. The van der Waals surface area contributed by atoms with Crippen molar-refractivity contribution in [3.8, 4) is 0 Å². The molecule has 1 aliphatic carbocycles. The third-order valence-electron chi connectivity index (χ3n) is 4.81. The second kappa shape index (κ2) is 5.57. The normalized spacial score (nSPS) is 25.6. The van der Waals surface area contributed by atoms with Crippen molar-refractivity contribution in [1.29, 1.82) is 0 Å². The van der Waals surface area contributed by atoms with E-state index in [9.17, 15) is 4.79 Å². The molecule has 4 nitrogen and oxygen atoms in total. The standard InChI is InChI=1S/C14H26N2O2/c1-11(15)12-4-8-16(9-5-12)13(17)10-14(18-2)6-3-7-14/h11-12H,3-10,15H2,1-2H3. The van der Waals surface area contributed by atoms with Crippen LogP contribution in [0.1, 0.15) is 45.4 Å². The van der Waals surface area contributed by atoms with Gasteiger partial charge >= 0.3 is 0 Å². The molecule has 1 saturated carbocycles. The molecule has 0 radical (unpaired) electrons. The largest absolute Gasteiger partial charge is 0.378 e. The molecule has 1 unspecified atom stereocenters. The van der Waals surface area contributed by atoms with Gasteiger partial charge in [-0.15, -0.1) is 0 Å². The van der Waals surface area contributed by atoms with E-state index in [4.69, 9.17) is 10.5 Å². The van der Waals surface area contributed by atoms with E-state index in [-0.39, 0.29) is 17.6 Å². The molecule has 0 aromatic rings. The summed E-state index contributed by atoms with van der Waals surface area (Å²) in [6, 6.07) is 0.249. The van der Waals surface area contributed by atoms with E-state index in [1.54, 1.807) is 7.11 Å². The van der Waals surface area contributed by atoms with Crippen molar-refractivity contribution in [3.05, 3.63) is 0 Å². The van der Waals surface area contributed by atoms with Crippen molar-refractivity contribution in [2.45, 2.75) is 57.1 Å². The van der Waals surface area contributed by atoms with Crippen LogP contribution in [0, 0.1) is 5.92 Å². The molecule has 0 aromatic carbocycles. The molecule has 4 heteroatoms. The summed E-state index contributed by atoms with van der Waals surface area (Å²) in [5, 5.41) is 0. The van der Waals surface area contributed by atoms with Crippen LogP contribution in [-0.2, 0) is 9.53 Å². The smallest absolute Gasteiger partial charge is 0.225 e. The van der Waals surface area contributed by atoms with Crippen molar-refractivity contribution in [2.75, 3.05) is 20.2 Å². The number of carbonyl (C=O) groups excluding carboxylic acids is 1. The lowest BCUT2D eigenvalue weighted by Gasteiger charge is -2.42. The fourth-order valence-electron chi connectivity index (χ4n) is 3.09. The molecule has 1 aliphatic heterocycles. The minimum Gasteiger partial charge on any atom is -0.378 e. The molecule has 2 fully saturated rings. The summed E-state index contributed by atoms with van der Waals surface area (Å²) in [4.78, 5) is 14.3. The van der Waals surface area contributed by atoms with E-state index in [0.717, 1.165) is 38.8 Å². The van der Waals surface area contributed by atoms with E-state index in [0.29, 0.717) is 12.3 Å². The Hall–Kier alpha value is -0.610. The van der Waals surface area contributed by atoms with Crippen LogP contribution in [0.2, 0.25) is 0 Å². The molecule has 1 heterocycles. The Morgan fingerprint density at radius 2 is 2.06 bits per heavy atom. The van der Waals surface area contributed by atoms with Crippen LogP contribution in [0.25, 0.3) is 0 Å². The van der Waals surface area contributed by atoms with Gasteiger partial charge in [0.2, 0.25) is 5.91 Å². The van der Waals surface area contributed by atoms with Gasteiger partial charge in [0, 0.05) is 26.2 Å². The average molecular weight is 254 g/mol. The minimum atomic E-state index is -0.144. The molecular weight excluding hydrogens is 228 g/mol. The van der Waals surface area contributed by atoms with Gasteiger partial charge in [-0.1, -0.05) is 0 Å². The summed E-state index contributed by atoms with van der Waals surface area (Å²) >= 11 is 0. The van der Waals surface area contributed by atoms with E-state index in [2.05, 4.69) is 6.92 Å². The highest BCUT2D eigenvalue weighted by atomic mass is 16.5. The maximum atomic E-state index is 12.3. The monoisotopic (exact) mass is 254 g/mol. The van der Waals surface area contributed by atoms with E-state index < -0.39 is 0 Å². The Kier molecular flexibility index (Phi) is 4.28. The SMILES string of the molecule is COC1(CC(=O)N2CCC(C(C)N)CC2)CCC1. The highest BCUT2D eigenvalue weighted by molar-refractivity contribution is 5.77. The van der Waals surface area contributed by atoms with Crippen LogP contribution in [-0.4, -0.2) is 42.6 Å². The molecule has 2 aliphatic rings. The minimum absolute atomic E-state index is 0.144. The zero-order chi connectivity index (χ0) is 13.2. The van der Waals surface area contributed by atoms with Crippen LogP contribution in [0.5, 0.6) is 0 Å². The Morgan fingerprint density at radius 3 is 2.44 bits per heavy atom. The van der Waals surface area contributed by atoms with Gasteiger partial charge < -0.3 is 15.4 Å². The molecule has 1 saturated heterocycles. The van der Waals surface area contributed by atoms with Gasteiger partial charge in [0.1, 0.15) is 0 Å². The maximum Gasteiger partial charge on any atom is 0.225 e. The molecule has 0 spiro atoms. The van der Waals surface area contributed by atoms with Gasteiger partial charge in [-0.05, 0) is 44.9 Å². The Bertz CT molecular complexity index is 287. The first-order valence-corrected chi connectivity index (χ1v) is 7.15. The second-order valence-corrected chi connectivity index (χ2v) is 5.99. The Balaban J connectivity index is 1.80. The van der Waals surface area contributed by atoms with Gasteiger partial charge in [0.05, 0.1) is 12.0 Å². The number of ether oxygens (including phenoxy) is 1. The van der Waals surface area contributed by atoms with Crippen molar-refractivity contribution < 1.29 is 9.53 Å². The first kappa shape index (κ1) is 13.8. The number of likely N-dealkylation sites (tertiary alicyclic amines) is 1. The molecule has 0 aromatic heterocycles. The molecule has 0 bridgehead atoms. The number of nitrogens with zero attached hydrogens (tertiary/aromatic N) is 1. The molecule has 1 amide bonds. The molecular formula is C14H26N2O2. The number of carbonyl (C=O) groups is 1. The summed E-state index contributed by atoms with van der Waals surface area (Å²) in [5.41, 5.74) is 5.78. The van der Waals surface area contributed by atoms with E-state index in [1.807, 2.05) is 4.90 Å². The molecule has 1 atom stereocenters. The van der Waals surface area contributed by atoms with Crippen LogP contribution >= 0.6 is 0 Å². The fraction of sp³-hybridized carbons (Fsp3) is 0.929. The Labute approximate surface area is 110 Å². The highest BCUT2D eigenvalue weighted by Crippen LogP contribution is 2.38. The van der Waals surface area contributed by atoms with Crippen LogP contribution in [0.4, 0.5) is 0 Å². The lowest BCUT2D eigenvalue weighted by atomic mass is 9.77. The molecule has 104 valence electrons. The number of hydrogen-bond donors (Lipinski definition) is 1. The number of methoxy groups -OCH3 is 1. The van der Waals surface area contributed by atoms with Crippen LogP contribution in [0.3, 0.4) is 0 Å². The first-order chi connectivity index (χ1) is 8.56. The quantitative estimate of drug-likeness (QED) is 0.828. The predicted molar refractivity (Wildman–Crippen MR) is 71.2 cm³/mol. The summed E-state index contributed by atoms with van der Waals surface area (Å²) in [6.45, 7) is 3.80. The van der Waals surface area contributed by atoms with Gasteiger partial charge in [0.25, 0.3) is 0 Å². The predicted octanol–water partition coefficient (Wildman–Crippen LogP) is 1.53. The summed E-state index contributed by atoms with van der Waals surface area (Å²) in [6.07, 6.45) is 5.91. The molecule has 2 N–H and O–H groups in total. The zero-order valence-electron chi connectivity index (χ0n) is 11.7. The van der Waals surface area contributed by atoms with E-state index in [1.165, 1.54) is 6.42 Å². The lowest BCUT2D eigenvalue weighted by molar-refractivity contribution is -0.145. The van der Waals surface area contributed by atoms with Gasteiger partial charge in [-0.3, -0.25) is 4.79 Å². The summed E-state index contributed by atoms with van der Waals surface area (Å²) < 4.78 is 5.53. The average Bonchev–Trinajstić information content (AvgIpc) is 2.33. The summed E-state index contributed by atoms with van der Waals surface area (Å²) in [5.74, 6) is 0.841. The lowest BCUT2D eigenvalue weighted by Crippen LogP contribution is -2.48. The topological polar surface area (TPSA) is 55.6 Å². The van der Waals surface area contributed by atoms with Crippen molar-refractivity contribution >= 4 is 5.91 Å². The van der Waals surface area contributed by atoms with Crippen molar-refractivity contribution in [2.24, 2.45) is 11.7 Å². The van der Waals surface area contributed by atoms with Crippen molar-refractivity contribution in [1.82, 2.24) is 4.90 Å². The molecule has 18 heavy (non-hydrogen) atoms. The Morgan fingerprint density at radius 1 is 1.44 bits per heavy atom. The van der Waals surface area contributed by atoms with E-state index >= 15 is 0 Å². The zero-order valence-corrected chi connectivity index (χ0v) is 11.7. The van der Waals surface area contributed by atoms with Crippen molar-refractivity contribution in [3.63, 3.8) is 0 Å². The number of nitrogens with two attached hydrogens (primary N) is 1. The molecule has 2 rings (SSSR count). The highest BCUT2D eigenvalue weighted by Gasteiger charge is 2.40. The third kappa shape index (κ3) is 2.86. The fourth-order valence-corrected chi connectivity index (χ4v) is 3.09. The number of hydrogen-bond acceptors (Lipinski definition) is 3. The maximum absolute atomic E-state index is 12.3. The first-order valence-electron chi connectivity index (χ1n) is 7.15. The number of piperidine rings is 1. The van der Waals surface area contributed by atoms with Gasteiger partial charge in [-0.2, -0.15) is 0 Å².